The van der Waals surface area contributed by atoms with Gasteiger partial charge in [-0.3, -0.25) is 0 Å². The molecule has 78 valence electrons. The van der Waals surface area contributed by atoms with Gasteiger partial charge in [-0.05, 0) is 31.2 Å². The molecule has 0 fully saturated rings. The smallest absolute Gasteiger partial charge is 0.147 e. The van der Waals surface area contributed by atoms with Gasteiger partial charge in [0.15, 0.2) is 0 Å². The van der Waals surface area contributed by atoms with Crippen molar-refractivity contribution in [2.24, 2.45) is 0 Å². The molecule has 0 bridgehead atoms. The number of nitrogens with zero attached hydrogens (tertiary/aromatic N) is 2. The first-order chi connectivity index (χ1) is 7.31. The minimum atomic E-state index is 0.652. The molecule has 0 saturated carbocycles. The van der Waals surface area contributed by atoms with Gasteiger partial charge in [0.25, 0.3) is 0 Å². The van der Waals surface area contributed by atoms with E-state index in [1.165, 1.54) is 0 Å². The van der Waals surface area contributed by atoms with Gasteiger partial charge in [0, 0.05) is 0 Å². The van der Waals surface area contributed by atoms with Crippen LogP contribution in [0, 0.1) is 4.64 Å². The van der Waals surface area contributed by atoms with Crippen LogP contribution in [0.25, 0.3) is 5.69 Å². The van der Waals surface area contributed by atoms with E-state index >= 15 is 0 Å². The molecule has 0 radical (unpaired) electrons. The van der Waals surface area contributed by atoms with Gasteiger partial charge in [-0.1, -0.05) is 12.2 Å². The SMILES string of the molecule is CCOc1ccc(-n2[nH]ncc2=S)cc1. The molecule has 0 spiro atoms. The third-order valence-corrected chi connectivity index (χ3v) is 2.25. The van der Waals surface area contributed by atoms with Gasteiger partial charge in [-0.15, -0.1) is 0 Å². The normalized spacial score (nSPS) is 10.2. The fraction of sp³-hybridized carbons (Fsp3) is 0.200. The molecule has 0 amide bonds. The Bertz CT molecular complexity index is 486. The maximum absolute atomic E-state index is 5.35. The lowest BCUT2D eigenvalue weighted by molar-refractivity contribution is 0.340. The molecule has 4 nitrogen and oxygen atoms in total. The van der Waals surface area contributed by atoms with E-state index in [1.54, 1.807) is 10.9 Å². The molecule has 0 unspecified atom stereocenters. The molecule has 0 aliphatic rings. The van der Waals surface area contributed by atoms with Crippen molar-refractivity contribution in [1.82, 2.24) is 15.0 Å². The van der Waals surface area contributed by atoms with Crippen LogP contribution >= 0.6 is 12.2 Å². The molecule has 1 aromatic carbocycles. The second-order valence-electron chi connectivity index (χ2n) is 2.96. The molecule has 0 aliphatic heterocycles. The van der Waals surface area contributed by atoms with E-state index in [0.717, 1.165) is 11.4 Å². The van der Waals surface area contributed by atoms with Crippen LogP contribution in [0.2, 0.25) is 0 Å². The van der Waals surface area contributed by atoms with E-state index < -0.39 is 0 Å². The zero-order chi connectivity index (χ0) is 10.7. The average Bonchev–Trinajstić information content (AvgIpc) is 2.66. The second-order valence-corrected chi connectivity index (χ2v) is 3.38. The first-order valence-corrected chi connectivity index (χ1v) is 5.07. The third kappa shape index (κ3) is 2.07. The van der Waals surface area contributed by atoms with Crippen LogP contribution in [0.4, 0.5) is 0 Å². The summed E-state index contributed by atoms with van der Waals surface area (Å²) in [6, 6.07) is 7.67. The Balaban J connectivity index is 2.32. The van der Waals surface area contributed by atoms with Crippen LogP contribution in [-0.4, -0.2) is 21.6 Å². The molecule has 0 saturated heterocycles. The van der Waals surface area contributed by atoms with Gasteiger partial charge in [0.2, 0.25) is 0 Å². The van der Waals surface area contributed by atoms with Crippen molar-refractivity contribution in [3.63, 3.8) is 0 Å². The highest BCUT2D eigenvalue weighted by Gasteiger charge is 1.98. The number of hydrogen-bond donors (Lipinski definition) is 1. The number of aromatic nitrogens is 3. The predicted octanol–water partition coefficient (Wildman–Crippen LogP) is 2.33. The first-order valence-electron chi connectivity index (χ1n) is 4.67. The van der Waals surface area contributed by atoms with Crippen molar-refractivity contribution in [2.45, 2.75) is 6.92 Å². The van der Waals surface area contributed by atoms with Crippen molar-refractivity contribution < 1.29 is 4.74 Å². The van der Waals surface area contributed by atoms with Gasteiger partial charge in [-0.25, -0.2) is 9.90 Å². The maximum Gasteiger partial charge on any atom is 0.147 e. The monoisotopic (exact) mass is 221 g/mol. The average molecular weight is 221 g/mol. The number of rotatable bonds is 3. The Labute approximate surface area is 92.5 Å². The fourth-order valence-corrected chi connectivity index (χ4v) is 1.49. The van der Waals surface area contributed by atoms with E-state index in [2.05, 4.69) is 10.3 Å². The quantitative estimate of drug-likeness (QED) is 0.809. The molecule has 0 atom stereocenters. The van der Waals surface area contributed by atoms with Crippen LogP contribution in [0.5, 0.6) is 5.75 Å². The fourth-order valence-electron chi connectivity index (χ4n) is 1.29. The summed E-state index contributed by atoms with van der Waals surface area (Å²) in [5.41, 5.74) is 0.945. The summed E-state index contributed by atoms with van der Waals surface area (Å²) in [7, 11) is 0. The van der Waals surface area contributed by atoms with E-state index in [-0.39, 0.29) is 0 Å². The molecule has 0 aliphatic carbocycles. The number of benzene rings is 1. The van der Waals surface area contributed by atoms with Crippen molar-refractivity contribution in [3.05, 3.63) is 35.1 Å². The van der Waals surface area contributed by atoms with Crippen LogP contribution in [0.3, 0.4) is 0 Å². The van der Waals surface area contributed by atoms with Gasteiger partial charge < -0.3 is 4.74 Å². The van der Waals surface area contributed by atoms with Gasteiger partial charge in [-0.2, -0.15) is 5.10 Å². The maximum atomic E-state index is 5.35. The molecular weight excluding hydrogens is 210 g/mol. The lowest BCUT2D eigenvalue weighted by Crippen LogP contribution is -1.97. The van der Waals surface area contributed by atoms with Crippen LogP contribution in [0.15, 0.2) is 30.5 Å². The van der Waals surface area contributed by atoms with Crippen molar-refractivity contribution in [1.29, 1.82) is 0 Å². The zero-order valence-electron chi connectivity index (χ0n) is 8.30. The van der Waals surface area contributed by atoms with Gasteiger partial charge in [0.05, 0.1) is 18.5 Å². The van der Waals surface area contributed by atoms with E-state index in [0.29, 0.717) is 11.2 Å². The summed E-state index contributed by atoms with van der Waals surface area (Å²) in [5.74, 6) is 0.854. The molecule has 1 N–H and O–H groups in total. The highest BCUT2D eigenvalue weighted by Crippen LogP contribution is 2.14. The van der Waals surface area contributed by atoms with Crippen molar-refractivity contribution >= 4 is 12.2 Å². The molecular formula is C10H11N3OS. The zero-order valence-corrected chi connectivity index (χ0v) is 9.12. The molecule has 2 rings (SSSR count). The number of H-pyrrole nitrogens is 1. The van der Waals surface area contributed by atoms with Crippen LogP contribution in [0.1, 0.15) is 6.92 Å². The summed E-state index contributed by atoms with van der Waals surface area (Å²) in [5, 5.41) is 6.65. The Morgan fingerprint density at radius 2 is 2.13 bits per heavy atom. The van der Waals surface area contributed by atoms with Crippen molar-refractivity contribution in [3.8, 4) is 11.4 Å². The van der Waals surface area contributed by atoms with Crippen LogP contribution in [-0.2, 0) is 0 Å². The van der Waals surface area contributed by atoms with Crippen molar-refractivity contribution in [2.75, 3.05) is 6.61 Å². The summed E-state index contributed by atoms with van der Waals surface area (Å²) >= 11 is 5.09. The predicted molar refractivity (Wildman–Crippen MR) is 59.9 cm³/mol. The standard InChI is InChI=1S/C10H11N3OS/c1-2-14-9-5-3-8(4-6-9)13-10(15)7-11-12-13/h3-7,12H,2H2,1H3. The lowest BCUT2D eigenvalue weighted by atomic mass is 10.3. The van der Waals surface area contributed by atoms with Gasteiger partial charge in [0.1, 0.15) is 10.4 Å². The van der Waals surface area contributed by atoms with Crippen LogP contribution < -0.4 is 4.74 Å². The molecule has 15 heavy (non-hydrogen) atoms. The highest BCUT2D eigenvalue weighted by atomic mass is 32.1. The molecule has 2 aromatic rings. The van der Waals surface area contributed by atoms with E-state index in [1.807, 2.05) is 31.2 Å². The lowest BCUT2D eigenvalue weighted by Gasteiger charge is -2.04. The third-order valence-electron chi connectivity index (χ3n) is 1.96. The second kappa shape index (κ2) is 4.27. The summed E-state index contributed by atoms with van der Waals surface area (Å²) < 4.78 is 7.73. The first kappa shape index (κ1) is 9.92. The highest BCUT2D eigenvalue weighted by molar-refractivity contribution is 7.71. The summed E-state index contributed by atoms with van der Waals surface area (Å²) in [6.45, 7) is 2.63. The topological polar surface area (TPSA) is 42.8 Å². The summed E-state index contributed by atoms with van der Waals surface area (Å²) in [6.07, 6.45) is 1.60. The van der Waals surface area contributed by atoms with E-state index in [4.69, 9.17) is 17.0 Å². The number of aromatic amines is 1. The Kier molecular flexibility index (Phi) is 2.82. The minimum absolute atomic E-state index is 0.652. The van der Waals surface area contributed by atoms with E-state index in [9.17, 15) is 0 Å². The Morgan fingerprint density at radius 1 is 1.40 bits per heavy atom. The number of nitrogens with one attached hydrogen (secondary N) is 1. The molecule has 5 heteroatoms. The largest absolute Gasteiger partial charge is 0.494 e. The molecule has 1 heterocycles. The minimum Gasteiger partial charge on any atom is -0.494 e. The Morgan fingerprint density at radius 3 is 2.67 bits per heavy atom. The van der Waals surface area contributed by atoms with Gasteiger partial charge >= 0.3 is 0 Å². The Hall–Kier alpha value is -1.62. The number of ether oxygens (including phenoxy) is 1. The number of hydrogen-bond acceptors (Lipinski definition) is 3. The summed E-state index contributed by atoms with van der Waals surface area (Å²) in [4.78, 5) is 0. The molecule has 1 aromatic heterocycles.